The summed E-state index contributed by atoms with van der Waals surface area (Å²) >= 11 is 0. The first kappa shape index (κ1) is 17.4. The highest BCUT2D eigenvalue weighted by Crippen LogP contribution is 2.14. The molecule has 0 fully saturated rings. The van der Waals surface area contributed by atoms with Crippen molar-refractivity contribution in [3.8, 4) is 5.75 Å². The Hall–Kier alpha value is -3.47. The van der Waals surface area contributed by atoms with Crippen LogP contribution in [0.5, 0.6) is 5.75 Å². The molecule has 5 nitrogen and oxygen atoms in total. The van der Waals surface area contributed by atoms with Crippen molar-refractivity contribution in [1.29, 1.82) is 0 Å². The maximum absolute atomic E-state index is 11.9. The molecule has 2 heterocycles. The van der Waals surface area contributed by atoms with Gasteiger partial charge in [0.2, 0.25) is 5.91 Å². The molecule has 1 N–H and O–H groups in total. The lowest BCUT2D eigenvalue weighted by atomic mass is 10.2. The molecule has 130 valence electrons. The smallest absolute Gasteiger partial charge is 0.249 e. The number of hydrogen-bond donors (Lipinski definition) is 1. The molecule has 0 atom stereocenters. The van der Waals surface area contributed by atoms with Gasteiger partial charge in [-0.2, -0.15) is 0 Å². The van der Waals surface area contributed by atoms with Crippen LogP contribution in [0, 0.1) is 6.92 Å². The van der Waals surface area contributed by atoms with Crippen LogP contribution in [-0.4, -0.2) is 15.9 Å². The van der Waals surface area contributed by atoms with Gasteiger partial charge in [-0.15, -0.1) is 0 Å². The highest BCUT2D eigenvalue weighted by Gasteiger charge is 2.00. The summed E-state index contributed by atoms with van der Waals surface area (Å²) in [6.07, 6.45) is 6.67. The summed E-state index contributed by atoms with van der Waals surface area (Å²) in [6.45, 7) is 2.37. The van der Waals surface area contributed by atoms with E-state index in [0.29, 0.717) is 12.4 Å². The Bertz CT molecular complexity index is 873. The molecule has 1 amide bonds. The van der Waals surface area contributed by atoms with Gasteiger partial charge >= 0.3 is 0 Å². The highest BCUT2D eigenvalue weighted by molar-refractivity contribution is 6.01. The first-order valence-corrected chi connectivity index (χ1v) is 8.23. The number of anilines is 1. The van der Waals surface area contributed by atoms with Gasteiger partial charge in [-0.1, -0.05) is 24.3 Å². The lowest BCUT2D eigenvalue weighted by Gasteiger charge is -2.05. The number of carbonyl (C=O) groups excluding carboxylic acids is 1. The van der Waals surface area contributed by atoms with Crippen molar-refractivity contribution in [2.75, 3.05) is 5.32 Å². The van der Waals surface area contributed by atoms with Crippen LogP contribution in [0.3, 0.4) is 0 Å². The summed E-state index contributed by atoms with van der Waals surface area (Å²) in [5, 5.41) is 2.72. The summed E-state index contributed by atoms with van der Waals surface area (Å²) in [4.78, 5) is 20.3. The van der Waals surface area contributed by atoms with Crippen LogP contribution in [0.15, 0.2) is 73.1 Å². The SMILES string of the molecule is Cc1ccc(NC(=O)C=Cc2ccc(OCc3ccccn3)cc2)nc1. The Balaban J connectivity index is 1.52. The van der Waals surface area contributed by atoms with Crippen molar-refractivity contribution >= 4 is 17.8 Å². The molecular formula is C21H19N3O2. The van der Waals surface area contributed by atoms with E-state index < -0.39 is 0 Å². The molecule has 0 spiro atoms. The van der Waals surface area contributed by atoms with E-state index in [1.54, 1.807) is 24.5 Å². The highest BCUT2D eigenvalue weighted by atomic mass is 16.5. The van der Waals surface area contributed by atoms with Crippen LogP contribution in [0.4, 0.5) is 5.82 Å². The molecule has 0 saturated carbocycles. The normalized spacial score (nSPS) is 10.7. The molecule has 3 aromatic rings. The van der Waals surface area contributed by atoms with Crippen LogP contribution in [0.25, 0.3) is 6.08 Å². The molecule has 0 radical (unpaired) electrons. The quantitative estimate of drug-likeness (QED) is 0.686. The number of benzene rings is 1. The number of rotatable bonds is 6. The fourth-order valence-electron chi connectivity index (χ4n) is 2.20. The lowest BCUT2D eigenvalue weighted by molar-refractivity contribution is -0.111. The molecule has 26 heavy (non-hydrogen) atoms. The first-order chi connectivity index (χ1) is 12.7. The van der Waals surface area contributed by atoms with E-state index in [-0.39, 0.29) is 5.91 Å². The molecule has 0 aliphatic carbocycles. The Morgan fingerprint density at radius 3 is 2.62 bits per heavy atom. The van der Waals surface area contributed by atoms with Gasteiger partial charge in [0.15, 0.2) is 0 Å². The summed E-state index contributed by atoms with van der Waals surface area (Å²) in [7, 11) is 0. The third-order valence-electron chi connectivity index (χ3n) is 3.58. The van der Waals surface area contributed by atoms with E-state index in [9.17, 15) is 4.79 Å². The molecular weight excluding hydrogens is 326 g/mol. The molecule has 0 unspecified atom stereocenters. The molecule has 0 bridgehead atoms. The minimum atomic E-state index is -0.225. The van der Waals surface area contributed by atoms with E-state index in [0.717, 1.165) is 22.6 Å². The number of nitrogens with one attached hydrogen (secondary N) is 1. The standard InChI is InChI=1S/C21H19N3O2/c1-16-5-11-20(23-14-16)24-21(25)12-8-17-6-9-19(10-7-17)26-15-18-4-2-3-13-22-18/h2-14H,15H2,1H3,(H,23,24,25). The minimum absolute atomic E-state index is 0.225. The van der Waals surface area contributed by atoms with Crippen molar-refractivity contribution in [2.24, 2.45) is 0 Å². The zero-order valence-corrected chi connectivity index (χ0v) is 14.4. The lowest BCUT2D eigenvalue weighted by Crippen LogP contribution is -2.08. The number of ether oxygens (including phenoxy) is 1. The number of aryl methyl sites for hydroxylation is 1. The van der Waals surface area contributed by atoms with Crippen LogP contribution in [0.2, 0.25) is 0 Å². The zero-order chi connectivity index (χ0) is 18.2. The number of hydrogen-bond acceptors (Lipinski definition) is 4. The monoisotopic (exact) mass is 345 g/mol. The van der Waals surface area contributed by atoms with Crippen LogP contribution >= 0.6 is 0 Å². The van der Waals surface area contributed by atoms with Gasteiger partial charge < -0.3 is 10.1 Å². The predicted octanol–water partition coefficient (Wildman–Crippen LogP) is 4.02. The summed E-state index contributed by atoms with van der Waals surface area (Å²) < 4.78 is 5.69. The fraction of sp³-hybridized carbons (Fsp3) is 0.0952. The molecule has 3 rings (SSSR count). The Morgan fingerprint density at radius 2 is 1.92 bits per heavy atom. The van der Waals surface area contributed by atoms with Gasteiger partial charge in [-0.05, 0) is 54.5 Å². The first-order valence-electron chi connectivity index (χ1n) is 8.23. The Morgan fingerprint density at radius 1 is 1.08 bits per heavy atom. The van der Waals surface area contributed by atoms with E-state index in [1.165, 1.54) is 6.08 Å². The largest absolute Gasteiger partial charge is 0.487 e. The van der Waals surface area contributed by atoms with Crippen LogP contribution in [-0.2, 0) is 11.4 Å². The van der Waals surface area contributed by atoms with Gasteiger partial charge in [0.25, 0.3) is 0 Å². The number of aromatic nitrogens is 2. The van der Waals surface area contributed by atoms with Gasteiger partial charge in [-0.3, -0.25) is 9.78 Å². The predicted molar refractivity (Wildman–Crippen MR) is 102 cm³/mol. The maximum atomic E-state index is 11.9. The fourth-order valence-corrected chi connectivity index (χ4v) is 2.20. The van der Waals surface area contributed by atoms with E-state index in [1.807, 2.05) is 55.5 Å². The van der Waals surface area contributed by atoms with E-state index in [2.05, 4.69) is 15.3 Å². The Kier molecular flexibility index (Phi) is 5.72. The third kappa shape index (κ3) is 5.27. The van der Waals surface area contributed by atoms with Crippen molar-refractivity contribution in [1.82, 2.24) is 9.97 Å². The molecule has 0 aliphatic rings. The zero-order valence-electron chi connectivity index (χ0n) is 14.4. The Labute approximate surface area is 152 Å². The number of nitrogens with zero attached hydrogens (tertiary/aromatic N) is 2. The molecule has 0 saturated heterocycles. The molecule has 0 aliphatic heterocycles. The van der Waals surface area contributed by atoms with Gasteiger partial charge in [-0.25, -0.2) is 4.98 Å². The van der Waals surface area contributed by atoms with Gasteiger partial charge in [0.05, 0.1) is 5.69 Å². The van der Waals surface area contributed by atoms with Gasteiger partial charge in [0, 0.05) is 18.5 Å². The minimum Gasteiger partial charge on any atom is -0.487 e. The van der Waals surface area contributed by atoms with Crippen molar-refractivity contribution in [2.45, 2.75) is 13.5 Å². The molecule has 2 aromatic heterocycles. The second kappa shape index (κ2) is 8.58. The average molecular weight is 345 g/mol. The van der Waals surface area contributed by atoms with Crippen molar-refractivity contribution in [3.63, 3.8) is 0 Å². The number of carbonyl (C=O) groups is 1. The van der Waals surface area contributed by atoms with E-state index in [4.69, 9.17) is 4.74 Å². The van der Waals surface area contributed by atoms with Crippen molar-refractivity contribution in [3.05, 3.63) is 89.9 Å². The van der Waals surface area contributed by atoms with Gasteiger partial charge in [0.1, 0.15) is 18.2 Å². The number of pyridine rings is 2. The third-order valence-corrected chi connectivity index (χ3v) is 3.58. The topological polar surface area (TPSA) is 64.1 Å². The maximum Gasteiger partial charge on any atom is 0.249 e. The second-order valence-corrected chi connectivity index (χ2v) is 5.72. The second-order valence-electron chi connectivity index (χ2n) is 5.72. The summed E-state index contributed by atoms with van der Waals surface area (Å²) in [5.74, 6) is 1.06. The number of amides is 1. The van der Waals surface area contributed by atoms with E-state index >= 15 is 0 Å². The van der Waals surface area contributed by atoms with Crippen molar-refractivity contribution < 1.29 is 9.53 Å². The molecule has 1 aromatic carbocycles. The summed E-state index contributed by atoms with van der Waals surface area (Å²) in [5.41, 5.74) is 2.82. The molecule has 5 heteroatoms. The summed E-state index contributed by atoms with van der Waals surface area (Å²) in [6, 6.07) is 16.9. The van der Waals surface area contributed by atoms with Crippen LogP contribution < -0.4 is 10.1 Å². The average Bonchev–Trinajstić information content (AvgIpc) is 2.68. The van der Waals surface area contributed by atoms with Crippen LogP contribution in [0.1, 0.15) is 16.8 Å².